The molecule has 1 amide bonds. The van der Waals surface area contributed by atoms with Gasteiger partial charge in [-0.25, -0.2) is 9.97 Å². The number of aromatic nitrogens is 4. The number of hydrogen-bond donors (Lipinski definition) is 1. The van der Waals surface area contributed by atoms with Crippen LogP contribution in [0.15, 0.2) is 55.0 Å². The van der Waals surface area contributed by atoms with Gasteiger partial charge in [0.15, 0.2) is 0 Å². The molecule has 2 N–H and O–H groups in total. The van der Waals surface area contributed by atoms with Crippen LogP contribution < -0.4 is 10.5 Å². The number of rotatable bonds is 5. The van der Waals surface area contributed by atoms with Crippen molar-refractivity contribution in [3.8, 4) is 17.0 Å². The average molecular weight is 373 g/mol. The molecule has 0 spiro atoms. The Morgan fingerprint density at radius 2 is 1.96 bits per heavy atom. The van der Waals surface area contributed by atoms with E-state index in [0.717, 1.165) is 27.6 Å². The SMILES string of the molecule is COc1ccc(Cc2ccc3c(-c4cnn(C)c4)cc(C(N)=O)nc3c2)cn1. The molecular weight excluding hydrogens is 354 g/mol. The average Bonchev–Trinajstić information content (AvgIpc) is 3.13. The molecule has 1 aromatic carbocycles. The maximum absolute atomic E-state index is 11.8. The van der Waals surface area contributed by atoms with Gasteiger partial charge in [0, 0.05) is 36.5 Å². The fraction of sp³-hybridized carbons (Fsp3) is 0.143. The molecule has 7 nitrogen and oxygen atoms in total. The quantitative estimate of drug-likeness (QED) is 0.580. The van der Waals surface area contributed by atoms with Crippen molar-refractivity contribution in [2.45, 2.75) is 6.42 Å². The topological polar surface area (TPSA) is 95.9 Å². The minimum atomic E-state index is -0.559. The lowest BCUT2D eigenvalue weighted by atomic mass is 9.99. The van der Waals surface area contributed by atoms with Gasteiger partial charge in [0.2, 0.25) is 5.88 Å². The summed E-state index contributed by atoms with van der Waals surface area (Å²) in [5.41, 5.74) is 10.4. The number of nitrogens with zero attached hydrogens (tertiary/aromatic N) is 4. The van der Waals surface area contributed by atoms with E-state index in [9.17, 15) is 4.79 Å². The van der Waals surface area contributed by atoms with Crippen LogP contribution in [0.5, 0.6) is 5.88 Å². The number of primary amides is 1. The molecule has 0 atom stereocenters. The summed E-state index contributed by atoms with van der Waals surface area (Å²) in [7, 11) is 3.44. The van der Waals surface area contributed by atoms with Crippen LogP contribution in [0.2, 0.25) is 0 Å². The van der Waals surface area contributed by atoms with Crippen LogP contribution in [0, 0.1) is 0 Å². The van der Waals surface area contributed by atoms with Crippen molar-refractivity contribution in [3.63, 3.8) is 0 Å². The Bertz CT molecular complexity index is 1170. The monoisotopic (exact) mass is 373 g/mol. The number of ether oxygens (including phenoxy) is 1. The summed E-state index contributed by atoms with van der Waals surface area (Å²) in [6, 6.07) is 11.6. The smallest absolute Gasteiger partial charge is 0.267 e. The lowest BCUT2D eigenvalue weighted by Crippen LogP contribution is -2.13. The predicted molar refractivity (Wildman–Crippen MR) is 106 cm³/mol. The highest BCUT2D eigenvalue weighted by Crippen LogP contribution is 2.29. The van der Waals surface area contributed by atoms with Crippen LogP contribution in [0.1, 0.15) is 21.6 Å². The number of benzene rings is 1. The number of hydrogen-bond acceptors (Lipinski definition) is 5. The van der Waals surface area contributed by atoms with E-state index in [0.29, 0.717) is 17.8 Å². The molecule has 0 fully saturated rings. The highest BCUT2D eigenvalue weighted by molar-refractivity contribution is 6.00. The Morgan fingerprint density at radius 3 is 2.61 bits per heavy atom. The first-order valence-electron chi connectivity index (χ1n) is 8.75. The maximum atomic E-state index is 11.8. The third-order valence-electron chi connectivity index (χ3n) is 4.56. The zero-order chi connectivity index (χ0) is 19.7. The van der Waals surface area contributed by atoms with E-state index in [4.69, 9.17) is 10.5 Å². The second kappa shape index (κ2) is 7.11. The van der Waals surface area contributed by atoms with Crippen LogP contribution in [0.4, 0.5) is 0 Å². The summed E-state index contributed by atoms with van der Waals surface area (Å²) in [4.78, 5) is 20.5. The van der Waals surface area contributed by atoms with Crippen LogP contribution in [-0.4, -0.2) is 32.8 Å². The zero-order valence-corrected chi connectivity index (χ0v) is 15.6. The summed E-state index contributed by atoms with van der Waals surface area (Å²) >= 11 is 0. The van der Waals surface area contributed by atoms with Gasteiger partial charge < -0.3 is 10.5 Å². The van der Waals surface area contributed by atoms with Crippen molar-refractivity contribution in [1.29, 1.82) is 0 Å². The Kier molecular flexibility index (Phi) is 4.49. The van der Waals surface area contributed by atoms with E-state index < -0.39 is 5.91 Å². The molecule has 0 aliphatic heterocycles. The number of nitrogens with two attached hydrogens (primary N) is 1. The van der Waals surface area contributed by atoms with Gasteiger partial charge >= 0.3 is 0 Å². The van der Waals surface area contributed by atoms with Crippen LogP contribution in [0.3, 0.4) is 0 Å². The van der Waals surface area contributed by atoms with Crippen LogP contribution >= 0.6 is 0 Å². The van der Waals surface area contributed by atoms with Crippen molar-refractivity contribution in [1.82, 2.24) is 19.7 Å². The number of amides is 1. The van der Waals surface area contributed by atoms with Gasteiger partial charge in [0.05, 0.1) is 18.8 Å². The molecule has 140 valence electrons. The van der Waals surface area contributed by atoms with Gasteiger partial charge in [-0.3, -0.25) is 9.48 Å². The van der Waals surface area contributed by atoms with Gasteiger partial charge in [-0.2, -0.15) is 5.10 Å². The van der Waals surface area contributed by atoms with Gasteiger partial charge in [-0.05, 0) is 35.2 Å². The number of pyridine rings is 2. The molecule has 3 aromatic heterocycles. The van der Waals surface area contributed by atoms with E-state index >= 15 is 0 Å². The van der Waals surface area contributed by atoms with Crippen molar-refractivity contribution < 1.29 is 9.53 Å². The first kappa shape index (κ1) is 17.7. The highest BCUT2D eigenvalue weighted by atomic mass is 16.5. The van der Waals surface area contributed by atoms with Crippen LogP contribution in [-0.2, 0) is 13.5 Å². The van der Waals surface area contributed by atoms with Crippen molar-refractivity contribution in [2.75, 3.05) is 7.11 Å². The lowest BCUT2D eigenvalue weighted by molar-refractivity contribution is 0.0996. The first-order valence-corrected chi connectivity index (χ1v) is 8.75. The number of aryl methyl sites for hydroxylation is 1. The second-order valence-electron chi connectivity index (χ2n) is 6.56. The number of carbonyl (C=O) groups excluding carboxylic acids is 1. The summed E-state index contributed by atoms with van der Waals surface area (Å²) in [6.07, 6.45) is 6.14. The molecule has 0 bridgehead atoms. The van der Waals surface area contributed by atoms with Crippen molar-refractivity contribution in [3.05, 3.63) is 71.8 Å². The predicted octanol–water partition coefficient (Wildman–Crippen LogP) is 2.73. The molecule has 0 aliphatic carbocycles. The lowest BCUT2D eigenvalue weighted by Gasteiger charge is -2.09. The van der Waals surface area contributed by atoms with Gasteiger partial charge in [0.25, 0.3) is 5.91 Å². The number of methoxy groups -OCH3 is 1. The molecule has 0 saturated carbocycles. The number of fused-ring (bicyclic) bond motifs is 1. The summed E-state index contributed by atoms with van der Waals surface area (Å²) in [6.45, 7) is 0. The molecule has 28 heavy (non-hydrogen) atoms. The molecule has 4 aromatic rings. The molecule has 0 radical (unpaired) electrons. The zero-order valence-electron chi connectivity index (χ0n) is 15.6. The Balaban J connectivity index is 1.78. The highest BCUT2D eigenvalue weighted by Gasteiger charge is 2.13. The number of carbonyl (C=O) groups is 1. The third kappa shape index (κ3) is 3.42. The Hall–Kier alpha value is -3.74. The van der Waals surface area contributed by atoms with E-state index in [2.05, 4.69) is 21.1 Å². The van der Waals surface area contributed by atoms with E-state index in [1.807, 2.05) is 37.5 Å². The van der Waals surface area contributed by atoms with E-state index in [1.54, 1.807) is 30.3 Å². The molecule has 0 unspecified atom stereocenters. The van der Waals surface area contributed by atoms with Crippen molar-refractivity contribution in [2.24, 2.45) is 12.8 Å². The van der Waals surface area contributed by atoms with E-state index in [-0.39, 0.29) is 5.69 Å². The molecule has 4 rings (SSSR count). The van der Waals surface area contributed by atoms with Gasteiger partial charge in [0.1, 0.15) is 5.69 Å². The van der Waals surface area contributed by atoms with Gasteiger partial charge in [-0.1, -0.05) is 18.2 Å². The molecule has 0 saturated heterocycles. The molecule has 7 heteroatoms. The minimum Gasteiger partial charge on any atom is -0.481 e. The first-order chi connectivity index (χ1) is 13.5. The standard InChI is InChI=1S/C21H19N5O2/c1-26-12-15(11-24-26)17-9-19(21(22)27)25-18-8-13(3-5-16(17)18)7-14-4-6-20(28-2)23-10-14/h3-6,8-12H,7H2,1-2H3,(H2,22,27). The third-order valence-corrected chi connectivity index (χ3v) is 4.56. The molecular formula is C21H19N5O2. The summed E-state index contributed by atoms with van der Waals surface area (Å²) < 4.78 is 6.82. The molecule has 0 aliphatic rings. The van der Waals surface area contributed by atoms with Gasteiger partial charge in [-0.15, -0.1) is 0 Å². The maximum Gasteiger partial charge on any atom is 0.267 e. The Labute approximate surface area is 161 Å². The molecule has 3 heterocycles. The summed E-state index contributed by atoms with van der Waals surface area (Å²) in [5, 5.41) is 5.16. The normalized spacial score (nSPS) is 10.9. The second-order valence-corrected chi connectivity index (χ2v) is 6.56. The Morgan fingerprint density at radius 1 is 1.14 bits per heavy atom. The summed E-state index contributed by atoms with van der Waals surface area (Å²) in [5.74, 6) is 0.0212. The van der Waals surface area contributed by atoms with E-state index in [1.165, 1.54) is 0 Å². The van der Waals surface area contributed by atoms with Crippen LogP contribution in [0.25, 0.3) is 22.0 Å². The minimum absolute atomic E-state index is 0.231. The largest absolute Gasteiger partial charge is 0.481 e. The fourth-order valence-electron chi connectivity index (χ4n) is 3.18. The fourth-order valence-corrected chi connectivity index (χ4v) is 3.18. The van der Waals surface area contributed by atoms with Crippen molar-refractivity contribution >= 4 is 16.8 Å².